The maximum atomic E-state index is 5.88. The van der Waals surface area contributed by atoms with Crippen molar-refractivity contribution in [1.82, 2.24) is 10.3 Å². The van der Waals surface area contributed by atoms with Crippen LogP contribution in [0.1, 0.15) is 23.2 Å². The summed E-state index contributed by atoms with van der Waals surface area (Å²) < 4.78 is 6.94. The second-order valence-electron chi connectivity index (χ2n) is 4.20. The monoisotopic (exact) mass is 340 g/mol. The van der Waals surface area contributed by atoms with Crippen molar-refractivity contribution in [2.24, 2.45) is 0 Å². The highest BCUT2D eigenvalue weighted by atomic mass is 79.9. The number of rotatable bonds is 6. The molecule has 102 valence electrons. The predicted octanol–water partition coefficient (Wildman–Crippen LogP) is 3.90. The number of hydrogen-bond donors (Lipinski definition) is 1. The molecule has 0 aliphatic carbocycles. The molecule has 0 spiro atoms. The van der Waals surface area contributed by atoms with Crippen molar-refractivity contribution in [3.05, 3.63) is 44.3 Å². The van der Waals surface area contributed by atoms with Crippen LogP contribution in [0.4, 0.5) is 0 Å². The summed E-state index contributed by atoms with van der Waals surface area (Å²) in [5, 5.41) is 6.37. The number of ether oxygens (including phenoxy) is 1. The van der Waals surface area contributed by atoms with E-state index < -0.39 is 0 Å². The molecule has 2 rings (SSSR count). The second-order valence-corrected chi connectivity index (χ2v) is 6.06. The quantitative estimate of drug-likeness (QED) is 0.865. The van der Waals surface area contributed by atoms with Gasteiger partial charge < -0.3 is 10.1 Å². The second kappa shape index (κ2) is 7.03. The molecule has 0 radical (unpaired) electrons. The molecule has 0 atom stereocenters. The van der Waals surface area contributed by atoms with Crippen molar-refractivity contribution in [1.29, 1.82) is 0 Å². The van der Waals surface area contributed by atoms with Crippen molar-refractivity contribution in [2.45, 2.75) is 27.0 Å². The molecule has 1 aromatic heterocycles. The number of aryl methyl sites for hydroxylation is 1. The summed E-state index contributed by atoms with van der Waals surface area (Å²) in [4.78, 5) is 4.40. The lowest BCUT2D eigenvalue weighted by Crippen LogP contribution is -2.13. The minimum absolute atomic E-state index is 0.527. The molecule has 0 saturated heterocycles. The summed E-state index contributed by atoms with van der Waals surface area (Å²) in [6.07, 6.45) is 0. The number of thiazole rings is 1. The average Bonchev–Trinajstić information content (AvgIpc) is 2.81. The Bertz CT molecular complexity index is 542. The smallest absolute Gasteiger partial charge is 0.140 e. The fourth-order valence-electron chi connectivity index (χ4n) is 1.70. The van der Waals surface area contributed by atoms with Crippen LogP contribution in [0.15, 0.2) is 28.1 Å². The standard InChI is InChI=1S/C14H17BrN2OS/c1-3-16-7-11-6-12(15)4-5-13(11)18-8-14-17-10(2)9-19-14/h4-6,9,16H,3,7-8H2,1-2H3. The molecule has 0 bridgehead atoms. The first-order valence-electron chi connectivity index (χ1n) is 6.22. The van der Waals surface area contributed by atoms with Gasteiger partial charge in [-0.1, -0.05) is 22.9 Å². The predicted molar refractivity (Wildman–Crippen MR) is 82.7 cm³/mol. The molecule has 2 aromatic rings. The molecule has 1 heterocycles. The van der Waals surface area contributed by atoms with Crippen LogP contribution in [0.2, 0.25) is 0 Å². The number of benzene rings is 1. The molecule has 19 heavy (non-hydrogen) atoms. The molecule has 0 aliphatic heterocycles. The van der Waals surface area contributed by atoms with Gasteiger partial charge in [-0.15, -0.1) is 11.3 Å². The molecule has 0 aliphatic rings. The highest BCUT2D eigenvalue weighted by molar-refractivity contribution is 9.10. The number of hydrogen-bond acceptors (Lipinski definition) is 4. The van der Waals surface area contributed by atoms with E-state index in [1.807, 2.05) is 24.4 Å². The van der Waals surface area contributed by atoms with Gasteiger partial charge in [-0.3, -0.25) is 0 Å². The normalized spacial score (nSPS) is 10.7. The van der Waals surface area contributed by atoms with Crippen molar-refractivity contribution in [3.8, 4) is 5.75 Å². The minimum atomic E-state index is 0.527. The summed E-state index contributed by atoms with van der Waals surface area (Å²) in [6, 6.07) is 6.08. The van der Waals surface area contributed by atoms with E-state index in [1.165, 1.54) is 0 Å². The van der Waals surface area contributed by atoms with E-state index in [-0.39, 0.29) is 0 Å². The van der Waals surface area contributed by atoms with Crippen LogP contribution in [0, 0.1) is 6.92 Å². The van der Waals surface area contributed by atoms with Gasteiger partial charge in [-0.25, -0.2) is 4.98 Å². The van der Waals surface area contributed by atoms with Crippen LogP contribution >= 0.6 is 27.3 Å². The van der Waals surface area contributed by atoms with Gasteiger partial charge in [0.05, 0.1) is 0 Å². The molecule has 1 aromatic carbocycles. The van der Waals surface area contributed by atoms with E-state index in [0.717, 1.165) is 39.6 Å². The zero-order chi connectivity index (χ0) is 13.7. The van der Waals surface area contributed by atoms with Crippen LogP contribution < -0.4 is 10.1 Å². The Morgan fingerprint density at radius 3 is 2.95 bits per heavy atom. The molecule has 5 heteroatoms. The lowest BCUT2D eigenvalue weighted by molar-refractivity contribution is 0.301. The molecule has 3 nitrogen and oxygen atoms in total. The Labute approximate surface area is 126 Å². The summed E-state index contributed by atoms with van der Waals surface area (Å²) >= 11 is 5.13. The van der Waals surface area contributed by atoms with E-state index in [4.69, 9.17) is 4.74 Å². The summed E-state index contributed by atoms with van der Waals surface area (Å²) in [5.41, 5.74) is 2.21. The maximum absolute atomic E-state index is 5.88. The minimum Gasteiger partial charge on any atom is -0.486 e. The van der Waals surface area contributed by atoms with Crippen molar-refractivity contribution in [3.63, 3.8) is 0 Å². The van der Waals surface area contributed by atoms with Gasteiger partial charge in [0.25, 0.3) is 0 Å². The molecular weight excluding hydrogens is 324 g/mol. The van der Waals surface area contributed by atoms with E-state index in [9.17, 15) is 0 Å². The van der Waals surface area contributed by atoms with Crippen molar-refractivity contribution in [2.75, 3.05) is 6.54 Å². The molecule has 0 fully saturated rings. The SMILES string of the molecule is CCNCc1cc(Br)ccc1OCc1nc(C)cs1. The Kier molecular flexibility index (Phi) is 5.36. The van der Waals surface area contributed by atoms with Gasteiger partial charge in [0.1, 0.15) is 17.4 Å². The van der Waals surface area contributed by atoms with E-state index >= 15 is 0 Å². The fourth-order valence-corrected chi connectivity index (χ4v) is 2.79. The zero-order valence-electron chi connectivity index (χ0n) is 11.1. The third-order valence-corrected chi connectivity index (χ3v) is 4.04. The molecule has 0 unspecified atom stereocenters. The van der Waals surface area contributed by atoms with Gasteiger partial charge in [-0.05, 0) is 31.7 Å². The third kappa shape index (κ3) is 4.30. The molecule has 0 amide bonds. The first-order valence-corrected chi connectivity index (χ1v) is 7.89. The van der Waals surface area contributed by atoms with Crippen LogP contribution in [0.5, 0.6) is 5.75 Å². The van der Waals surface area contributed by atoms with Crippen LogP contribution in [-0.4, -0.2) is 11.5 Å². The summed E-state index contributed by atoms with van der Waals surface area (Å²) in [5.74, 6) is 0.914. The zero-order valence-corrected chi connectivity index (χ0v) is 13.5. The maximum Gasteiger partial charge on any atom is 0.140 e. The van der Waals surface area contributed by atoms with Gasteiger partial charge in [0.2, 0.25) is 0 Å². The number of halogens is 1. The number of aromatic nitrogens is 1. The molecular formula is C14H17BrN2OS. The topological polar surface area (TPSA) is 34.1 Å². The number of nitrogens with zero attached hydrogens (tertiary/aromatic N) is 1. The van der Waals surface area contributed by atoms with Gasteiger partial charge in [0, 0.05) is 27.7 Å². The number of nitrogens with one attached hydrogen (secondary N) is 1. The lowest BCUT2D eigenvalue weighted by Gasteiger charge is -2.11. The van der Waals surface area contributed by atoms with E-state index in [1.54, 1.807) is 11.3 Å². The summed E-state index contributed by atoms with van der Waals surface area (Å²) in [6.45, 7) is 6.37. The Hall–Kier alpha value is -0.910. The van der Waals surface area contributed by atoms with E-state index in [0.29, 0.717) is 6.61 Å². The Morgan fingerprint density at radius 1 is 1.42 bits per heavy atom. The highest BCUT2D eigenvalue weighted by Crippen LogP contribution is 2.24. The fraction of sp³-hybridized carbons (Fsp3) is 0.357. The first-order chi connectivity index (χ1) is 9.19. The summed E-state index contributed by atoms with van der Waals surface area (Å²) in [7, 11) is 0. The average molecular weight is 341 g/mol. The molecule has 1 N–H and O–H groups in total. The highest BCUT2D eigenvalue weighted by Gasteiger charge is 2.06. The van der Waals surface area contributed by atoms with Crippen LogP contribution in [0.25, 0.3) is 0 Å². The van der Waals surface area contributed by atoms with Crippen LogP contribution in [-0.2, 0) is 13.2 Å². The van der Waals surface area contributed by atoms with Crippen LogP contribution in [0.3, 0.4) is 0 Å². The van der Waals surface area contributed by atoms with Gasteiger partial charge in [-0.2, -0.15) is 0 Å². The van der Waals surface area contributed by atoms with Gasteiger partial charge in [0.15, 0.2) is 0 Å². The van der Waals surface area contributed by atoms with Crippen molar-refractivity contribution < 1.29 is 4.74 Å². The van der Waals surface area contributed by atoms with Gasteiger partial charge >= 0.3 is 0 Å². The van der Waals surface area contributed by atoms with Crippen molar-refractivity contribution >= 4 is 27.3 Å². The Morgan fingerprint density at radius 2 is 2.26 bits per heavy atom. The third-order valence-electron chi connectivity index (χ3n) is 2.61. The Balaban J connectivity index is 2.05. The van der Waals surface area contributed by atoms with E-state index in [2.05, 4.69) is 39.2 Å². The lowest BCUT2D eigenvalue weighted by atomic mass is 10.2. The first kappa shape index (κ1) is 14.5. The largest absolute Gasteiger partial charge is 0.486 e. The molecule has 0 saturated carbocycles.